The Bertz CT molecular complexity index is 673. The minimum absolute atomic E-state index is 0.345. The lowest BCUT2D eigenvalue weighted by Gasteiger charge is -2.15. The first-order valence-electron chi connectivity index (χ1n) is 6.69. The molecule has 0 spiro atoms. The number of carbonyl (C=O) groups is 1. The van der Waals surface area contributed by atoms with Crippen molar-refractivity contribution in [1.82, 2.24) is 10.9 Å². The van der Waals surface area contributed by atoms with E-state index in [1.165, 1.54) is 32.7 Å². The van der Waals surface area contributed by atoms with Gasteiger partial charge in [-0.2, -0.15) is 0 Å². The first-order valence-corrected chi connectivity index (χ1v) is 7.57. The molecule has 0 atom stereocenters. The Morgan fingerprint density at radius 3 is 2.22 bits per heavy atom. The van der Waals surface area contributed by atoms with E-state index in [1.54, 1.807) is 12.1 Å². The van der Waals surface area contributed by atoms with E-state index in [0.29, 0.717) is 28.5 Å². The van der Waals surface area contributed by atoms with Crippen LogP contribution in [0.15, 0.2) is 36.2 Å². The van der Waals surface area contributed by atoms with Crippen LogP contribution < -0.4 is 25.1 Å². The van der Waals surface area contributed by atoms with Crippen molar-refractivity contribution in [3.63, 3.8) is 0 Å². The summed E-state index contributed by atoms with van der Waals surface area (Å²) in [5.74, 6) is 0.910. The summed E-state index contributed by atoms with van der Waals surface area (Å²) < 4.78 is 15.7. The van der Waals surface area contributed by atoms with E-state index in [0.717, 1.165) is 4.88 Å². The number of methoxy groups -OCH3 is 3. The van der Waals surface area contributed by atoms with Crippen LogP contribution >= 0.6 is 11.3 Å². The average Bonchev–Trinajstić information content (AvgIpc) is 3.12. The van der Waals surface area contributed by atoms with Crippen molar-refractivity contribution in [3.8, 4) is 17.2 Å². The first-order chi connectivity index (χ1) is 11.1. The predicted molar refractivity (Wildman–Crippen MR) is 90.1 cm³/mol. The summed E-state index contributed by atoms with van der Waals surface area (Å²) in [7, 11) is 4.50. The van der Waals surface area contributed by atoms with Gasteiger partial charge in [-0.15, -0.1) is 11.3 Å². The standard InChI is InChI=1S/C16H18N2O4S/c1-10(14-6-5-7-23-14)17-18-16(19)11-8-12(20-2)15(22-4)13(9-11)21-3/h5-9,17H,1H2,2-4H3,(H,18,19). The molecule has 1 amide bonds. The minimum atomic E-state index is -0.345. The second-order valence-electron chi connectivity index (χ2n) is 4.45. The maximum absolute atomic E-state index is 12.3. The molecular formula is C16H18N2O4S. The lowest BCUT2D eigenvalue weighted by molar-refractivity contribution is 0.0941. The normalized spacial score (nSPS) is 9.87. The van der Waals surface area contributed by atoms with Crippen molar-refractivity contribution in [2.45, 2.75) is 0 Å². The zero-order valence-corrected chi connectivity index (χ0v) is 14.0. The van der Waals surface area contributed by atoms with Crippen molar-refractivity contribution >= 4 is 22.9 Å². The number of hydrazine groups is 1. The van der Waals surface area contributed by atoms with Crippen LogP contribution in [0.1, 0.15) is 15.2 Å². The first kappa shape index (κ1) is 16.7. The maximum Gasteiger partial charge on any atom is 0.269 e. The van der Waals surface area contributed by atoms with Crippen molar-refractivity contribution in [3.05, 3.63) is 46.7 Å². The topological polar surface area (TPSA) is 68.8 Å². The van der Waals surface area contributed by atoms with Crippen molar-refractivity contribution < 1.29 is 19.0 Å². The molecule has 0 unspecified atom stereocenters. The number of nitrogens with one attached hydrogen (secondary N) is 2. The molecule has 23 heavy (non-hydrogen) atoms. The molecular weight excluding hydrogens is 316 g/mol. The van der Waals surface area contributed by atoms with Crippen LogP contribution in [0.3, 0.4) is 0 Å². The zero-order chi connectivity index (χ0) is 16.8. The van der Waals surface area contributed by atoms with E-state index in [-0.39, 0.29) is 5.91 Å². The molecule has 0 radical (unpaired) electrons. The maximum atomic E-state index is 12.3. The number of rotatable bonds is 7. The third-order valence-corrected chi connectivity index (χ3v) is 4.00. The van der Waals surface area contributed by atoms with Gasteiger partial charge in [0.05, 0.1) is 31.9 Å². The fourth-order valence-corrected chi connectivity index (χ4v) is 2.58. The molecule has 6 nitrogen and oxygen atoms in total. The summed E-state index contributed by atoms with van der Waals surface area (Å²) in [4.78, 5) is 13.2. The van der Waals surface area contributed by atoms with Gasteiger partial charge in [0, 0.05) is 5.56 Å². The summed E-state index contributed by atoms with van der Waals surface area (Å²) >= 11 is 1.53. The van der Waals surface area contributed by atoms with Crippen molar-refractivity contribution in [1.29, 1.82) is 0 Å². The Balaban J connectivity index is 2.14. The molecule has 0 aliphatic carbocycles. The van der Waals surface area contributed by atoms with Gasteiger partial charge < -0.3 is 14.2 Å². The van der Waals surface area contributed by atoms with E-state index in [9.17, 15) is 4.79 Å². The lowest BCUT2D eigenvalue weighted by Crippen LogP contribution is -2.35. The third kappa shape index (κ3) is 3.75. The van der Waals surface area contributed by atoms with Crippen molar-refractivity contribution in [2.24, 2.45) is 0 Å². The quantitative estimate of drug-likeness (QED) is 0.762. The van der Waals surface area contributed by atoms with Gasteiger partial charge in [0.25, 0.3) is 5.91 Å². The fourth-order valence-electron chi connectivity index (χ4n) is 1.93. The van der Waals surface area contributed by atoms with Gasteiger partial charge in [-0.05, 0) is 23.6 Å². The molecule has 0 aliphatic rings. The largest absolute Gasteiger partial charge is 0.493 e. The molecule has 0 saturated heterocycles. The number of ether oxygens (including phenoxy) is 3. The number of amides is 1. The Morgan fingerprint density at radius 1 is 1.09 bits per heavy atom. The van der Waals surface area contributed by atoms with Gasteiger partial charge in [0.1, 0.15) is 0 Å². The van der Waals surface area contributed by atoms with Gasteiger partial charge in [-0.25, -0.2) is 0 Å². The van der Waals surface area contributed by atoms with Crippen LogP contribution in [-0.2, 0) is 0 Å². The molecule has 1 heterocycles. The molecule has 0 fully saturated rings. The molecule has 0 saturated carbocycles. The van der Waals surface area contributed by atoms with Gasteiger partial charge in [0.15, 0.2) is 11.5 Å². The van der Waals surface area contributed by atoms with E-state index < -0.39 is 0 Å². The Morgan fingerprint density at radius 2 is 1.74 bits per heavy atom. The fraction of sp³-hybridized carbons (Fsp3) is 0.188. The Hall–Kier alpha value is -2.67. The molecule has 7 heteroatoms. The summed E-state index contributed by atoms with van der Waals surface area (Å²) in [6.45, 7) is 3.87. The Kier molecular flexibility index (Phi) is 5.48. The molecule has 1 aromatic carbocycles. The van der Waals surface area contributed by atoms with Crippen molar-refractivity contribution in [2.75, 3.05) is 21.3 Å². The van der Waals surface area contributed by atoms with Crippen LogP contribution in [0.4, 0.5) is 0 Å². The van der Waals surface area contributed by atoms with Gasteiger partial charge in [-0.1, -0.05) is 12.6 Å². The van der Waals surface area contributed by atoms with E-state index in [4.69, 9.17) is 14.2 Å². The Labute approximate surface area is 138 Å². The van der Waals surface area contributed by atoms with Crippen LogP contribution in [0.5, 0.6) is 17.2 Å². The van der Waals surface area contributed by atoms with E-state index in [1.807, 2.05) is 17.5 Å². The second kappa shape index (κ2) is 7.55. The van der Waals surface area contributed by atoms with Crippen LogP contribution in [0.25, 0.3) is 5.70 Å². The highest BCUT2D eigenvalue weighted by Crippen LogP contribution is 2.38. The number of hydrogen-bond donors (Lipinski definition) is 2. The molecule has 0 bridgehead atoms. The molecule has 122 valence electrons. The highest BCUT2D eigenvalue weighted by molar-refractivity contribution is 7.11. The lowest BCUT2D eigenvalue weighted by atomic mass is 10.1. The molecule has 2 rings (SSSR count). The van der Waals surface area contributed by atoms with Gasteiger partial charge in [0.2, 0.25) is 5.75 Å². The molecule has 0 aliphatic heterocycles. The summed E-state index contributed by atoms with van der Waals surface area (Å²) in [6.07, 6.45) is 0. The minimum Gasteiger partial charge on any atom is -0.493 e. The number of thiophene rings is 1. The summed E-state index contributed by atoms with van der Waals surface area (Å²) in [5.41, 5.74) is 6.36. The second-order valence-corrected chi connectivity index (χ2v) is 5.40. The molecule has 1 aromatic heterocycles. The molecule has 2 aromatic rings. The SMILES string of the molecule is C=C(NNC(=O)c1cc(OC)c(OC)c(OC)c1)c1cccs1. The monoisotopic (exact) mass is 334 g/mol. The van der Waals surface area contributed by atoms with Crippen LogP contribution in [0.2, 0.25) is 0 Å². The van der Waals surface area contributed by atoms with Crippen LogP contribution in [0, 0.1) is 0 Å². The predicted octanol–water partition coefficient (Wildman–Crippen LogP) is 2.68. The third-order valence-electron chi connectivity index (χ3n) is 3.07. The number of carbonyl (C=O) groups excluding carboxylic acids is 1. The highest BCUT2D eigenvalue weighted by atomic mass is 32.1. The summed E-state index contributed by atoms with van der Waals surface area (Å²) in [6, 6.07) is 6.97. The van der Waals surface area contributed by atoms with Gasteiger partial charge in [-0.3, -0.25) is 15.6 Å². The number of benzene rings is 1. The average molecular weight is 334 g/mol. The number of hydrogen-bond acceptors (Lipinski definition) is 6. The van der Waals surface area contributed by atoms with Gasteiger partial charge >= 0.3 is 0 Å². The zero-order valence-electron chi connectivity index (χ0n) is 13.1. The summed E-state index contributed by atoms with van der Waals surface area (Å²) in [5, 5.41) is 1.93. The smallest absolute Gasteiger partial charge is 0.269 e. The van der Waals surface area contributed by atoms with Crippen LogP contribution in [-0.4, -0.2) is 27.2 Å². The van der Waals surface area contributed by atoms with E-state index in [2.05, 4.69) is 17.4 Å². The molecule has 2 N–H and O–H groups in total. The van der Waals surface area contributed by atoms with E-state index >= 15 is 0 Å². The highest BCUT2D eigenvalue weighted by Gasteiger charge is 2.17.